The molecule has 2 heteroatoms. The van der Waals surface area contributed by atoms with E-state index in [4.69, 9.17) is 0 Å². The van der Waals surface area contributed by atoms with Gasteiger partial charge >= 0.3 is 0 Å². The summed E-state index contributed by atoms with van der Waals surface area (Å²) in [5, 5.41) is 0. The second-order valence-corrected chi connectivity index (χ2v) is 2.24. The van der Waals surface area contributed by atoms with Crippen molar-refractivity contribution in [1.82, 2.24) is 0 Å². The van der Waals surface area contributed by atoms with E-state index in [9.17, 15) is 4.39 Å². The molecule has 0 fully saturated rings. The van der Waals surface area contributed by atoms with Crippen molar-refractivity contribution in [2.45, 2.75) is 13.7 Å². The standard InChI is InChI=1S/C8H9BF/c1-6-7(9-2)4-3-5-8(6)10/h3-5H,1-2H3. The van der Waals surface area contributed by atoms with Crippen LogP contribution in [-0.2, 0) is 0 Å². The molecule has 10 heavy (non-hydrogen) atoms. The zero-order chi connectivity index (χ0) is 7.56. The Labute approximate surface area is 61.3 Å². The van der Waals surface area contributed by atoms with Gasteiger partial charge in [0.05, 0.1) is 0 Å². The minimum Gasteiger partial charge on any atom is -0.207 e. The zero-order valence-corrected chi connectivity index (χ0v) is 6.19. The SMILES string of the molecule is C[B]c1cccc(F)c1C. The van der Waals surface area contributed by atoms with Crippen LogP contribution in [0.4, 0.5) is 4.39 Å². The Kier molecular flexibility index (Phi) is 2.10. The van der Waals surface area contributed by atoms with E-state index in [1.165, 1.54) is 6.07 Å². The van der Waals surface area contributed by atoms with Gasteiger partial charge in [0.1, 0.15) is 13.1 Å². The summed E-state index contributed by atoms with van der Waals surface area (Å²) in [5.74, 6) is -0.129. The van der Waals surface area contributed by atoms with Crippen LogP contribution < -0.4 is 5.46 Å². The maximum atomic E-state index is 12.7. The molecule has 1 rings (SSSR count). The van der Waals surface area contributed by atoms with Gasteiger partial charge in [0.2, 0.25) is 0 Å². The van der Waals surface area contributed by atoms with E-state index in [1.54, 1.807) is 13.0 Å². The van der Waals surface area contributed by atoms with Crippen molar-refractivity contribution >= 4 is 12.7 Å². The topological polar surface area (TPSA) is 0 Å². The van der Waals surface area contributed by atoms with Crippen LogP contribution in [0.1, 0.15) is 5.56 Å². The number of benzene rings is 1. The van der Waals surface area contributed by atoms with Gasteiger partial charge in [-0.2, -0.15) is 0 Å². The van der Waals surface area contributed by atoms with E-state index in [0.29, 0.717) is 0 Å². The summed E-state index contributed by atoms with van der Waals surface area (Å²) in [6.45, 7) is 3.69. The summed E-state index contributed by atoms with van der Waals surface area (Å²) in [6, 6.07) is 5.10. The quantitative estimate of drug-likeness (QED) is 0.512. The molecule has 0 N–H and O–H groups in total. The maximum Gasteiger partial charge on any atom is 0.148 e. The predicted molar refractivity (Wildman–Crippen MR) is 42.4 cm³/mol. The molecule has 0 amide bonds. The summed E-state index contributed by atoms with van der Waals surface area (Å²) >= 11 is 0. The first-order valence-corrected chi connectivity index (χ1v) is 3.30. The number of halogens is 1. The van der Waals surface area contributed by atoms with Crippen molar-refractivity contribution in [1.29, 1.82) is 0 Å². The summed E-state index contributed by atoms with van der Waals surface area (Å²) in [4.78, 5) is 0. The highest BCUT2D eigenvalue weighted by Gasteiger charge is 1.99. The molecule has 0 spiro atoms. The lowest BCUT2D eigenvalue weighted by Crippen LogP contribution is -2.15. The Hall–Kier alpha value is -0.785. The molecule has 0 bridgehead atoms. The van der Waals surface area contributed by atoms with E-state index in [2.05, 4.69) is 0 Å². The van der Waals surface area contributed by atoms with Gasteiger partial charge in [-0.1, -0.05) is 24.4 Å². The van der Waals surface area contributed by atoms with Crippen molar-refractivity contribution in [2.24, 2.45) is 0 Å². The van der Waals surface area contributed by atoms with Crippen LogP contribution >= 0.6 is 0 Å². The molecule has 0 saturated carbocycles. The molecule has 0 atom stereocenters. The molecule has 0 aliphatic heterocycles. The Morgan fingerprint density at radius 2 is 2.10 bits per heavy atom. The molecule has 1 radical (unpaired) electrons. The van der Waals surface area contributed by atoms with E-state index in [1.807, 2.05) is 20.2 Å². The highest BCUT2D eigenvalue weighted by Crippen LogP contribution is 2.00. The van der Waals surface area contributed by atoms with Gasteiger partial charge in [-0.15, -0.1) is 0 Å². The van der Waals surface area contributed by atoms with Crippen molar-refractivity contribution in [3.8, 4) is 0 Å². The third-order valence-electron chi connectivity index (χ3n) is 1.62. The van der Waals surface area contributed by atoms with Gasteiger partial charge in [-0.3, -0.25) is 0 Å². The van der Waals surface area contributed by atoms with Gasteiger partial charge in [0, 0.05) is 0 Å². The highest BCUT2D eigenvalue weighted by molar-refractivity contribution is 6.52. The Balaban J connectivity index is 3.14. The van der Waals surface area contributed by atoms with Crippen LogP contribution in [0.25, 0.3) is 0 Å². The van der Waals surface area contributed by atoms with E-state index in [-0.39, 0.29) is 5.82 Å². The monoisotopic (exact) mass is 135 g/mol. The Bertz CT molecular complexity index is 233. The van der Waals surface area contributed by atoms with Crippen molar-refractivity contribution in [3.05, 3.63) is 29.6 Å². The summed E-state index contributed by atoms with van der Waals surface area (Å²) in [5.41, 5.74) is 1.70. The lowest BCUT2D eigenvalue weighted by atomic mass is 9.71. The molecule has 51 valence electrons. The van der Waals surface area contributed by atoms with Gasteiger partial charge in [0.25, 0.3) is 0 Å². The van der Waals surface area contributed by atoms with Crippen molar-refractivity contribution in [2.75, 3.05) is 0 Å². The van der Waals surface area contributed by atoms with Crippen molar-refractivity contribution in [3.63, 3.8) is 0 Å². The van der Waals surface area contributed by atoms with Crippen LogP contribution in [0.2, 0.25) is 6.82 Å². The Morgan fingerprint density at radius 3 is 2.60 bits per heavy atom. The first-order chi connectivity index (χ1) is 4.75. The molecular weight excluding hydrogens is 126 g/mol. The minimum absolute atomic E-state index is 0.129. The molecule has 0 aliphatic rings. The van der Waals surface area contributed by atoms with E-state index in [0.717, 1.165) is 11.0 Å². The highest BCUT2D eigenvalue weighted by atomic mass is 19.1. The average molecular weight is 135 g/mol. The maximum absolute atomic E-state index is 12.7. The fourth-order valence-corrected chi connectivity index (χ4v) is 0.937. The molecule has 1 aromatic carbocycles. The van der Waals surface area contributed by atoms with Gasteiger partial charge in [0.15, 0.2) is 0 Å². The molecule has 1 aromatic rings. The van der Waals surface area contributed by atoms with E-state index < -0.39 is 0 Å². The summed E-state index contributed by atoms with van der Waals surface area (Å²) in [6.07, 6.45) is 0. The Morgan fingerprint density at radius 1 is 1.40 bits per heavy atom. The molecule has 0 aliphatic carbocycles. The third kappa shape index (κ3) is 1.20. The molecule has 0 saturated heterocycles. The molecule has 0 nitrogen and oxygen atoms in total. The number of hydrogen-bond donors (Lipinski definition) is 0. The third-order valence-corrected chi connectivity index (χ3v) is 1.62. The molecule has 0 heterocycles. The lowest BCUT2D eigenvalue weighted by Gasteiger charge is -2.00. The van der Waals surface area contributed by atoms with Crippen LogP contribution in [0.3, 0.4) is 0 Å². The van der Waals surface area contributed by atoms with Crippen LogP contribution in [0.5, 0.6) is 0 Å². The smallest absolute Gasteiger partial charge is 0.148 e. The predicted octanol–water partition coefficient (Wildman–Crippen LogP) is 1.51. The fourth-order valence-electron chi connectivity index (χ4n) is 0.937. The first-order valence-electron chi connectivity index (χ1n) is 3.30. The largest absolute Gasteiger partial charge is 0.207 e. The van der Waals surface area contributed by atoms with Gasteiger partial charge in [-0.05, 0) is 18.6 Å². The fraction of sp³-hybridized carbons (Fsp3) is 0.250. The number of rotatable bonds is 1. The summed E-state index contributed by atoms with van der Waals surface area (Å²) < 4.78 is 12.7. The second-order valence-electron chi connectivity index (χ2n) is 2.24. The van der Waals surface area contributed by atoms with E-state index >= 15 is 0 Å². The minimum atomic E-state index is -0.129. The first kappa shape index (κ1) is 7.32. The average Bonchev–Trinajstić information content (AvgIpc) is 1.95. The summed E-state index contributed by atoms with van der Waals surface area (Å²) in [7, 11) is 1.90. The number of hydrogen-bond acceptors (Lipinski definition) is 0. The van der Waals surface area contributed by atoms with Crippen molar-refractivity contribution < 1.29 is 4.39 Å². The van der Waals surface area contributed by atoms with Crippen LogP contribution in [0.15, 0.2) is 18.2 Å². The van der Waals surface area contributed by atoms with Crippen LogP contribution in [0, 0.1) is 12.7 Å². The molecule has 0 unspecified atom stereocenters. The second kappa shape index (κ2) is 2.87. The van der Waals surface area contributed by atoms with Crippen LogP contribution in [-0.4, -0.2) is 7.28 Å². The zero-order valence-electron chi connectivity index (χ0n) is 6.19. The molecular formula is C8H9BF. The van der Waals surface area contributed by atoms with Gasteiger partial charge in [-0.25, -0.2) is 4.39 Å². The normalized spacial score (nSPS) is 9.50. The molecule has 0 aromatic heterocycles. The lowest BCUT2D eigenvalue weighted by molar-refractivity contribution is 0.620. The van der Waals surface area contributed by atoms with Gasteiger partial charge < -0.3 is 0 Å².